The van der Waals surface area contributed by atoms with Gasteiger partial charge in [0.1, 0.15) is 0 Å². The van der Waals surface area contributed by atoms with Crippen molar-refractivity contribution in [1.29, 1.82) is 0 Å². The van der Waals surface area contributed by atoms with Crippen molar-refractivity contribution in [2.24, 2.45) is 5.10 Å². The maximum atomic E-state index is 13.7. The maximum Gasteiger partial charge on any atom is 0.336 e. The van der Waals surface area contributed by atoms with Gasteiger partial charge < -0.3 is 23.7 Å². The van der Waals surface area contributed by atoms with Crippen LogP contribution in [-0.4, -0.2) is 54.7 Å². The van der Waals surface area contributed by atoms with E-state index in [4.69, 9.17) is 28.7 Å². The smallest absolute Gasteiger partial charge is 0.336 e. The zero-order chi connectivity index (χ0) is 34.2. The van der Waals surface area contributed by atoms with E-state index in [1.54, 1.807) is 61.5 Å². The molecule has 1 heterocycles. The van der Waals surface area contributed by atoms with Crippen molar-refractivity contribution in [2.75, 3.05) is 27.9 Å². The number of para-hydroxylation sites is 1. The molecule has 0 spiro atoms. The lowest BCUT2D eigenvalue weighted by molar-refractivity contribution is -0.384. The van der Waals surface area contributed by atoms with E-state index in [1.807, 2.05) is 0 Å². The molecule has 0 atom stereocenters. The minimum atomic E-state index is -0.715. The Balaban J connectivity index is 1.49. The van der Waals surface area contributed by atoms with Crippen molar-refractivity contribution in [3.05, 3.63) is 117 Å². The molecule has 13 nitrogen and oxygen atoms in total. The average Bonchev–Trinajstić information content (AvgIpc) is 3.10. The van der Waals surface area contributed by atoms with Gasteiger partial charge in [0.15, 0.2) is 28.8 Å². The molecular formula is C35H30N4O9. The van der Waals surface area contributed by atoms with E-state index in [2.05, 4.69) is 5.10 Å². The van der Waals surface area contributed by atoms with Crippen LogP contribution in [0, 0.1) is 10.1 Å². The number of hydrogen-bond acceptors (Lipinski definition) is 11. The number of carbonyl (C=O) groups excluding carboxylic acids is 1. The first-order chi connectivity index (χ1) is 23.3. The van der Waals surface area contributed by atoms with Crippen molar-refractivity contribution in [2.45, 2.75) is 6.92 Å². The van der Waals surface area contributed by atoms with E-state index < -0.39 is 16.5 Å². The fourth-order valence-electron chi connectivity index (χ4n) is 4.76. The number of ether oxygens (including phenoxy) is 5. The summed E-state index contributed by atoms with van der Waals surface area (Å²) in [6.45, 7) is 2.05. The number of nitro benzene ring substituents is 1. The minimum Gasteiger partial charge on any atom is -0.493 e. The first-order valence-electron chi connectivity index (χ1n) is 14.5. The predicted octanol–water partition coefficient (Wildman–Crippen LogP) is 5.90. The second kappa shape index (κ2) is 14.7. The van der Waals surface area contributed by atoms with Gasteiger partial charge in [-0.15, -0.1) is 0 Å². The van der Waals surface area contributed by atoms with Crippen molar-refractivity contribution in [3.8, 4) is 40.1 Å². The number of esters is 1. The zero-order valence-corrected chi connectivity index (χ0v) is 26.4. The molecule has 4 aromatic carbocycles. The van der Waals surface area contributed by atoms with Gasteiger partial charge in [-0.25, -0.2) is 9.78 Å². The molecule has 0 bridgehead atoms. The summed E-state index contributed by atoms with van der Waals surface area (Å²) in [6.07, 6.45) is 4.03. The van der Waals surface area contributed by atoms with Crippen molar-refractivity contribution >= 4 is 34.9 Å². The molecule has 0 radical (unpaired) electrons. The Morgan fingerprint density at radius 1 is 0.896 bits per heavy atom. The fraction of sp³-hybridized carbons (Fsp3) is 0.143. The van der Waals surface area contributed by atoms with Gasteiger partial charge in [-0.1, -0.05) is 24.3 Å². The molecule has 5 aromatic rings. The minimum absolute atomic E-state index is 0.0984. The van der Waals surface area contributed by atoms with Crippen LogP contribution in [0.4, 0.5) is 5.69 Å². The highest BCUT2D eigenvalue weighted by Crippen LogP contribution is 2.41. The largest absolute Gasteiger partial charge is 0.493 e. The molecule has 0 unspecified atom stereocenters. The summed E-state index contributed by atoms with van der Waals surface area (Å²) in [5.41, 5.74) is 1.44. The first-order valence-corrected chi connectivity index (χ1v) is 14.5. The highest BCUT2D eigenvalue weighted by molar-refractivity contribution is 5.89. The number of nitrogens with zero attached hydrogens (tertiary/aromatic N) is 4. The Morgan fingerprint density at radius 3 is 2.33 bits per heavy atom. The topological polar surface area (TPSA) is 154 Å². The fourth-order valence-corrected chi connectivity index (χ4v) is 4.76. The second-order valence-corrected chi connectivity index (χ2v) is 9.97. The molecule has 48 heavy (non-hydrogen) atoms. The van der Waals surface area contributed by atoms with Gasteiger partial charge in [0.25, 0.3) is 11.2 Å². The molecule has 1 aromatic heterocycles. The van der Waals surface area contributed by atoms with Crippen molar-refractivity contribution in [3.63, 3.8) is 0 Å². The van der Waals surface area contributed by atoms with E-state index in [0.29, 0.717) is 44.8 Å². The standard InChI is InChI=1S/C35H30N4O9/c1-5-47-29-18-23(13-15-28(29)48-32(40)16-14-22-9-8-10-25(17-22)39(42)43)21-36-38-34(37-27-12-7-6-11-26(27)35(38)41)24-19-30(44-2)33(46-4)31(20-24)45-3/h6-21H,5H2,1-4H3/b16-14+,36-21?. The zero-order valence-electron chi connectivity index (χ0n) is 26.4. The van der Waals surface area contributed by atoms with Gasteiger partial charge in [0.2, 0.25) is 5.75 Å². The number of methoxy groups -OCH3 is 3. The number of fused-ring (bicyclic) bond motifs is 1. The molecule has 13 heteroatoms. The third kappa shape index (κ3) is 7.15. The molecule has 0 saturated heterocycles. The molecule has 0 aliphatic rings. The number of nitro groups is 1. The molecule has 0 aliphatic carbocycles. The molecule has 0 aliphatic heterocycles. The summed E-state index contributed by atoms with van der Waals surface area (Å²) >= 11 is 0. The highest BCUT2D eigenvalue weighted by atomic mass is 16.6. The second-order valence-electron chi connectivity index (χ2n) is 9.97. The van der Waals surface area contributed by atoms with Crippen LogP contribution in [-0.2, 0) is 4.79 Å². The number of carbonyl (C=O) groups is 1. The predicted molar refractivity (Wildman–Crippen MR) is 179 cm³/mol. The molecule has 0 amide bonds. The molecule has 0 fully saturated rings. The quantitative estimate of drug-likeness (QED) is 0.0398. The van der Waals surface area contributed by atoms with Crippen LogP contribution in [0.3, 0.4) is 0 Å². The molecule has 5 rings (SSSR count). The van der Waals surface area contributed by atoms with E-state index in [-0.39, 0.29) is 29.6 Å². The molecule has 0 saturated carbocycles. The third-order valence-corrected chi connectivity index (χ3v) is 6.97. The maximum absolute atomic E-state index is 13.7. The summed E-state index contributed by atoms with van der Waals surface area (Å²) in [5.74, 6) is 1.03. The Morgan fingerprint density at radius 2 is 1.65 bits per heavy atom. The molecule has 244 valence electrons. The van der Waals surface area contributed by atoms with Crippen LogP contribution < -0.4 is 29.2 Å². The number of benzene rings is 4. The van der Waals surface area contributed by atoms with Gasteiger partial charge in [-0.3, -0.25) is 14.9 Å². The van der Waals surface area contributed by atoms with Gasteiger partial charge in [-0.05, 0) is 66.6 Å². The van der Waals surface area contributed by atoms with E-state index >= 15 is 0 Å². The van der Waals surface area contributed by atoms with Crippen LogP contribution in [0.2, 0.25) is 0 Å². The van der Waals surface area contributed by atoms with Gasteiger partial charge in [-0.2, -0.15) is 9.78 Å². The number of hydrogen-bond donors (Lipinski definition) is 0. The Hall–Kier alpha value is -6.50. The summed E-state index contributed by atoms with van der Waals surface area (Å²) in [7, 11) is 4.48. The number of aromatic nitrogens is 2. The van der Waals surface area contributed by atoms with Crippen LogP contribution in [0.25, 0.3) is 28.4 Å². The lowest BCUT2D eigenvalue weighted by Crippen LogP contribution is -2.20. The summed E-state index contributed by atoms with van der Waals surface area (Å²) in [5, 5.41) is 15.9. The van der Waals surface area contributed by atoms with Crippen LogP contribution >= 0.6 is 0 Å². The molecular weight excluding hydrogens is 620 g/mol. The first kappa shape index (κ1) is 32.9. The SMILES string of the molecule is CCOc1cc(C=Nn2c(-c3cc(OC)c(OC)c(OC)c3)nc3ccccc3c2=O)ccc1OC(=O)/C=C/c1cccc([N+](=O)[O-])c1. The molecule has 0 N–H and O–H groups in total. The summed E-state index contributed by atoms with van der Waals surface area (Å²) in [6, 6.07) is 20.9. The van der Waals surface area contributed by atoms with Crippen molar-refractivity contribution in [1.82, 2.24) is 9.66 Å². The van der Waals surface area contributed by atoms with Crippen LogP contribution in [0.5, 0.6) is 28.7 Å². The normalized spacial score (nSPS) is 11.2. The van der Waals surface area contributed by atoms with Gasteiger partial charge >= 0.3 is 5.97 Å². The Labute approximate surface area is 274 Å². The summed E-state index contributed by atoms with van der Waals surface area (Å²) in [4.78, 5) is 41.6. The summed E-state index contributed by atoms with van der Waals surface area (Å²) < 4.78 is 28.9. The van der Waals surface area contributed by atoms with Crippen LogP contribution in [0.15, 0.2) is 94.8 Å². The average molecular weight is 651 g/mol. The van der Waals surface area contributed by atoms with E-state index in [1.165, 1.54) is 62.6 Å². The van der Waals surface area contributed by atoms with Crippen molar-refractivity contribution < 1.29 is 33.4 Å². The van der Waals surface area contributed by atoms with Gasteiger partial charge in [0.05, 0.1) is 50.0 Å². The number of non-ortho nitro benzene ring substituents is 1. The lowest BCUT2D eigenvalue weighted by atomic mass is 10.1. The van der Waals surface area contributed by atoms with E-state index in [9.17, 15) is 19.7 Å². The number of rotatable bonds is 12. The van der Waals surface area contributed by atoms with E-state index in [0.717, 1.165) is 6.08 Å². The third-order valence-electron chi connectivity index (χ3n) is 6.97. The highest BCUT2D eigenvalue weighted by Gasteiger charge is 2.19. The van der Waals surface area contributed by atoms with Gasteiger partial charge in [0, 0.05) is 23.8 Å². The van der Waals surface area contributed by atoms with Crippen LogP contribution in [0.1, 0.15) is 18.1 Å². The Kier molecular flexibility index (Phi) is 10.1. The Bertz CT molecular complexity index is 2100. The lowest BCUT2D eigenvalue weighted by Gasteiger charge is -2.15. The monoisotopic (exact) mass is 650 g/mol.